The minimum Gasteiger partial charge on any atom is -0.507 e. The summed E-state index contributed by atoms with van der Waals surface area (Å²) in [5.74, 6) is -1.85. The number of rotatable bonds is 9. The van der Waals surface area contributed by atoms with Crippen molar-refractivity contribution in [2.24, 2.45) is 17.8 Å². The number of aliphatic hydroxyl groups excluding tert-OH is 2. The monoisotopic (exact) mass is 489 g/mol. The van der Waals surface area contributed by atoms with Crippen molar-refractivity contribution in [3.05, 3.63) is 76.9 Å². The first-order valence-electron chi connectivity index (χ1n) is 12.7. The molecule has 3 N–H and O–H groups in total. The molecule has 0 aromatic heterocycles. The van der Waals surface area contributed by atoms with Gasteiger partial charge in [-0.05, 0) is 61.5 Å². The van der Waals surface area contributed by atoms with Crippen LogP contribution < -0.4 is 0 Å². The molecular formula is C30H35NO5. The number of allylic oxidation sites excluding steroid dienone is 2. The van der Waals surface area contributed by atoms with Crippen LogP contribution in [0, 0.1) is 17.8 Å². The number of hydrogen-bond donors (Lipinski definition) is 3. The molecule has 1 saturated heterocycles. The summed E-state index contributed by atoms with van der Waals surface area (Å²) in [5, 5.41) is 31.9. The Labute approximate surface area is 212 Å². The number of aromatic hydroxyl groups is 1. The van der Waals surface area contributed by atoms with Gasteiger partial charge in [-0.15, -0.1) is 0 Å². The van der Waals surface area contributed by atoms with Gasteiger partial charge < -0.3 is 15.3 Å². The lowest BCUT2D eigenvalue weighted by molar-refractivity contribution is -0.140. The average molecular weight is 490 g/mol. The zero-order valence-corrected chi connectivity index (χ0v) is 20.9. The molecule has 4 atom stereocenters. The molecule has 2 aromatic rings. The number of para-hydroxylation sites is 1. The normalized spacial score (nSPS) is 23.3. The first-order chi connectivity index (χ1) is 17.4. The number of carbonyl (C=O) groups excluding carboxylic acids is 2. The number of benzene rings is 2. The van der Waals surface area contributed by atoms with Crippen LogP contribution in [0.3, 0.4) is 0 Å². The molecule has 1 aliphatic heterocycles. The summed E-state index contributed by atoms with van der Waals surface area (Å²) in [6, 6.07) is 17.0. The smallest absolute Gasteiger partial charge is 0.233 e. The summed E-state index contributed by atoms with van der Waals surface area (Å²) in [5.41, 5.74) is 4.22. The molecule has 1 aliphatic carbocycles. The van der Waals surface area contributed by atoms with Crippen molar-refractivity contribution in [3.8, 4) is 5.75 Å². The maximum absolute atomic E-state index is 13.1. The Morgan fingerprint density at radius 2 is 1.78 bits per heavy atom. The standard InChI is InChI=1S/C30H35NO5/c1-3-15-31-29(35)23-16-19(2)27(24(18-32)28(23)30(31)36)26(34)14-13-21(20-9-5-4-6-10-20)17-22-11-7-8-12-25(22)33/h4-12,17,23-24,26,28,32-34H,3,13-16,18H2,1-2H3/b21-17-/t23-,24+,26-,28-/m1/s1. The zero-order valence-electron chi connectivity index (χ0n) is 20.9. The zero-order chi connectivity index (χ0) is 25.8. The van der Waals surface area contributed by atoms with Crippen molar-refractivity contribution in [1.29, 1.82) is 0 Å². The highest BCUT2D eigenvalue weighted by Gasteiger charge is 2.54. The summed E-state index contributed by atoms with van der Waals surface area (Å²) in [6.07, 6.45) is 3.10. The number of imide groups is 1. The summed E-state index contributed by atoms with van der Waals surface area (Å²) >= 11 is 0. The van der Waals surface area contributed by atoms with Crippen LogP contribution in [0.25, 0.3) is 11.6 Å². The van der Waals surface area contributed by atoms with E-state index in [1.807, 2.05) is 62.4 Å². The van der Waals surface area contributed by atoms with Gasteiger partial charge in [0, 0.05) is 18.0 Å². The minimum absolute atomic E-state index is 0.157. The fourth-order valence-electron chi connectivity index (χ4n) is 5.82. The van der Waals surface area contributed by atoms with Crippen LogP contribution in [-0.4, -0.2) is 51.3 Å². The van der Waals surface area contributed by atoms with Gasteiger partial charge in [-0.25, -0.2) is 0 Å². The third-order valence-electron chi connectivity index (χ3n) is 7.52. The summed E-state index contributed by atoms with van der Waals surface area (Å²) in [6.45, 7) is 3.92. The Bertz CT molecular complexity index is 1170. The maximum atomic E-state index is 13.1. The number of phenolic OH excluding ortho intramolecular Hbond substituents is 1. The predicted molar refractivity (Wildman–Crippen MR) is 140 cm³/mol. The fraction of sp³-hybridized carbons (Fsp3) is 0.400. The number of aliphatic hydroxyl groups is 2. The van der Waals surface area contributed by atoms with Crippen LogP contribution in [0.5, 0.6) is 5.75 Å². The van der Waals surface area contributed by atoms with Gasteiger partial charge in [-0.3, -0.25) is 14.5 Å². The summed E-state index contributed by atoms with van der Waals surface area (Å²) in [4.78, 5) is 27.4. The molecule has 0 unspecified atom stereocenters. The van der Waals surface area contributed by atoms with E-state index in [-0.39, 0.29) is 24.2 Å². The molecule has 36 heavy (non-hydrogen) atoms. The molecule has 0 saturated carbocycles. The Morgan fingerprint density at radius 3 is 2.44 bits per heavy atom. The number of likely N-dealkylation sites (tertiary alicyclic amines) is 1. The third-order valence-corrected chi connectivity index (χ3v) is 7.52. The lowest BCUT2D eigenvalue weighted by atomic mass is 9.68. The van der Waals surface area contributed by atoms with Gasteiger partial charge in [-0.1, -0.05) is 61.0 Å². The van der Waals surface area contributed by atoms with E-state index in [1.54, 1.807) is 12.1 Å². The first kappa shape index (κ1) is 25.9. The van der Waals surface area contributed by atoms with Crippen molar-refractivity contribution in [3.63, 3.8) is 0 Å². The molecule has 2 amide bonds. The van der Waals surface area contributed by atoms with Crippen LogP contribution >= 0.6 is 0 Å². The van der Waals surface area contributed by atoms with Gasteiger partial charge >= 0.3 is 0 Å². The fourth-order valence-corrected chi connectivity index (χ4v) is 5.82. The molecule has 6 heteroatoms. The molecule has 1 heterocycles. The lowest BCUT2D eigenvalue weighted by Gasteiger charge is -2.35. The largest absolute Gasteiger partial charge is 0.507 e. The predicted octanol–water partition coefficient (Wildman–Crippen LogP) is 4.41. The van der Waals surface area contributed by atoms with Gasteiger partial charge in [0.05, 0.1) is 24.5 Å². The number of hydrogen-bond acceptors (Lipinski definition) is 5. The van der Waals surface area contributed by atoms with E-state index in [0.717, 1.165) is 16.7 Å². The van der Waals surface area contributed by atoms with E-state index in [4.69, 9.17) is 0 Å². The second-order valence-corrected chi connectivity index (χ2v) is 9.84. The number of phenols is 1. The number of carbonyl (C=O) groups is 2. The van der Waals surface area contributed by atoms with E-state index < -0.39 is 23.9 Å². The van der Waals surface area contributed by atoms with Crippen molar-refractivity contribution in [1.82, 2.24) is 4.90 Å². The second-order valence-electron chi connectivity index (χ2n) is 9.84. The van der Waals surface area contributed by atoms with E-state index in [2.05, 4.69) is 0 Å². The molecule has 0 radical (unpaired) electrons. The number of amides is 2. The van der Waals surface area contributed by atoms with Gasteiger partial charge in [-0.2, -0.15) is 0 Å². The van der Waals surface area contributed by atoms with Crippen LogP contribution in [0.1, 0.15) is 50.7 Å². The Morgan fingerprint density at radius 1 is 1.08 bits per heavy atom. The first-order valence-corrected chi connectivity index (χ1v) is 12.7. The van der Waals surface area contributed by atoms with Crippen molar-refractivity contribution < 1.29 is 24.9 Å². The Balaban J connectivity index is 1.59. The van der Waals surface area contributed by atoms with Gasteiger partial charge in [0.2, 0.25) is 11.8 Å². The molecule has 190 valence electrons. The van der Waals surface area contributed by atoms with Gasteiger partial charge in [0.15, 0.2) is 0 Å². The molecule has 0 bridgehead atoms. The lowest BCUT2D eigenvalue weighted by Crippen LogP contribution is -2.38. The quantitative estimate of drug-likeness (QED) is 0.275. The highest BCUT2D eigenvalue weighted by atomic mass is 16.3. The van der Waals surface area contributed by atoms with Crippen LogP contribution in [0.15, 0.2) is 65.7 Å². The SMILES string of the molecule is CCCN1C(=O)[C@@H]2[C@@H](CC(C)=C([C@H](O)CC/C(=C/c3ccccc3O)c3ccccc3)[C@@H]2CO)C1=O. The maximum Gasteiger partial charge on any atom is 0.233 e. The van der Waals surface area contributed by atoms with Gasteiger partial charge in [0.1, 0.15) is 5.75 Å². The summed E-state index contributed by atoms with van der Waals surface area (Å²) < 4.78 is 0. The van der Waals surface area contributed by atoms with Crippen molar-refractivity contribution in [2.45, 2.75) is 45.6 Å². The molecular weight excluding hydrogens is 454 g/mol. The highest BCUT2D eigenvalue weighted by molar-refractivity contribution is 6.05. The average Bonchev–Trinajstić information content (AvgIpc) is 3.11. The molecule has 2 aliphatic rings. The number of nitrogens with zero attached hydrogens (tertiary/aromatic N) is 1. The van der Waals surface area contributed by atoms with E-state index in [0.29, 0.717) is 43.4 Å². The van der Waals surface area contributed by atoms with Crippen LogP contribution in [0.4, 0.5) is 0 Å². The highest BCUT2D eigenvalue weighted by Crippen LogP contribution is 2.46. The minimum atomic E-state index is -0.859. The van der Waals surface area contributed by atoms with Crippen molar-refractivity contribution >= 4 is 23.5 Å². The van der Waals surface area contributed by atoms with Crippen molar-refractivity contribution in [2.75, 3.05) is 13.2 Å². The van der Waals surface area contributed by atoms with Crippen LogP contribution in [0.2, 0.25) is 0 Å². The topological polar surface area (TPSA) is 98.1 Å². The molecule has 4 rings (SSSR count). The molecule has 2 aromatic carbocycles. The van der Waals surface area contributed by atoms with E-state index in [1.165, 1.54) is 4.90 Å². The van der Waals surface area contributed by atoms with E-state index in [9.17, 15) is 24.9 Å². The summed E-state index contributed by atoms with van der Waals surface area (Å²) in [7, 11) is 0. The third kappa shape index (κ3) is 5.01. The second kappa shape index (κ2) is 11.2. The molecule has 6 nitrogen and oxygen atoms in total. The van der Waals surface area contributed by atoms with E-state index >= 15 is 0 Å². The molecule has 1 fully saturated rings. The number of fused-ring (bicyclic) bond motifs is 1. The van der Waals surface area contributed by atoms with Gasteiger partial charge in [0.25, 0.3) is 0 Å². The Kier molecular flexibility index (Phi) is 8.07. The van der Waals surface area contributed by atoms with Crippen LogP contribution in [-0.2, 0) is 9.59 Å². The molecule has 0 spiro atoms. The Hall–Kier alpha value is -3.22.